The van der Waals surface area contributed by atoms with Gasteiger partial charge in [0.25, 0.3) is 0 Å². The molecule has 3 rings (SSSR count). The molecule has 0 aliphatic carbocycles. The number of aliphatic carboxylic acids is 1. The standard InChI is InChI=1S/C22H32N2O5S/c1-14-12-15(2)17(4)20(16(14)3)30(28,29)24-10-7-18(8-11-24)21(25)23-9-5-6-19(13-23)22(26)27/h12,18-19H,5-11,13H2,1-4H3,(H,26,27)/t19-/m0/s1. The van der Waals surface area contributed by atoms with Crippen LogP contribution in [0.4, 0.5) is 0 Å². The van der Waals surface area contributed by atoms with Gasteiger partial charge < -0.3 is 10.0 Å². The van der Waals surface area contributed by atoms with Crippen molar-refractivity contribution in [1.82, 2.24) is 9.21 Å². The van der Waals surface area contributed by atoms with Gasteiger partial charge in [0.15, 0.2) is 0 Å². The second kappa shape index (κ2) is 8.67. The number of rotatable bonds is 4. The van der Waals surface area contributed by atoms with Crippen molar-refractivity contribution in [3.8, 4) is 0 Å². The zero-order chi connectivity index (χ0) is 22.2. The number of likely N-dealkylation sites (tertiary alicyclic amines) is 1. The lowest BCUT2D eigenvalue weighted by molar-refractivity contribution is -0.147. The number of carbonyl (C=O) groups excluding carboxylic acids is 1. The van der Waals surface area contributed by atoms with Crippen molar-refractivity contribution in [1.29, 1.82) is 0 Å². The maximum absolute atomic E-state index is 13.4. The summed E-state index contributed by atoms with van der Waals surface area (Å²) in [6.07, 6.45) is 2.23. The normalized spacial score (nSPS) is 21.6. The SMILES string of the molecule is Cc1cc(C)c(C)c(S(=O)(=O)N2CCC(C(=O)N3CCC[C@H](C(=O)O)C3)CC2)c1C. The van der Waals surface area contributed by atoms with Crippen molar-refractivity contribution in [3.63, 3.8) is 0 Å². The van der Waals surface area contributed by atoms with Gasteiger partial charge in [0.05, 0.1) is 10.8 Å². The van der Waals surface area contributed by atoms with E-state index in [4.69, 9.17) is 0 Å². The quantitative estimate of drug-likeness (QED) is 0.783. The molecule has 1 atom stereocenters. The van der Waals surface area contributed by atoms with Crippen molar-refractivity contribution < 1.29 is 23.1 Å². The first kappa shape index (κ1) is 22.7. The van der Waals surface area contributed by atoms with Crippen molar-refractivity contribution in [2.24, 2.45) is 11.8 Å². The van der Waals surface area contributed by atoms with Crippen LogP contribution in [0.3, 0.4) is 0 Å². The molecule has 0 radical (unpaired) electrons. The highest BCUT2D eigenvalue weighted by molar-refractivity contribution is 7.89. The van der Waals surface area contributed by atoms with Crippen LogP contribution >= 0.6 is 0 Å². The van der Waals surface area contributed by atoms with Crippen LogP contribution in [0, 0.1) is 39.5 Å². The molecule has 8 heteroatoms. The van der Waals surface area contributed by atoms with Gasteiger partial charge in [-0.15, -0.1) is 0 Å². The van der Waals surface area contributed by atoms with Crippen LogP contribution in [-0.2, 0) is 19.6 Å². The molecule has 1 aromatic rings. The number of hydrogen-bond donors (Lipinski definition) is 1. The molecule has 0 aromatic heterocycles. The van der Waals surface area contributed by atoms with Gasteiger partial charge in [-0.2, -0.15) is 4.31 Å². The third-order valence-corrected chi connectivity index (χ3v) is 8.95. The third-order valence-electron chi connectivity index (χ3n) is 6.78. The summed E-state index contributed by atoms with van der Waals surface area (Å²) >= 11 is 0. The smallest absolute Gasteiger partial charge is 0.308 e. The molecule has 30 heavy (non-hydrogen) atoms. The Balaban J connectivity index is 1.71. The molecule has 1 amide bonds. The van der Waals surface area contributed by atoms with Crippen LogP contribution in [-0.4, -0.2) is 60.8 Å². The Hall–Kier alpha value is -1.93. The van der Waals surface area contributed by atoms with E-state index in [2.05, 4.69) is 0 Å². The highest BCUT2D eigenvalue weighted by Gasteiger charge is 2.37. The fraction of sp³-hybridized carbons (Fsp3) is 0.636. The molecule has 2 fully saturated rings. The molecule has 0 saturated carbocycles. The summed E-state index contributed by atoms with van der Waals surface area (Å²) in [7, 11) is -3.63. The molecule has 0 bridgehead atoms. The Kier molecular flexibility index (Phi) is 6.57. The fourth-order valence-corrected chi connectivity index (χ4v) is 6.72. The molecular formula is C22H32N2O5S. The lowest BCUT2D eigenvalue weighted by Gasteiger charge is -2.36. The van der Waals surface area contributed by atoms with E-state index in [1.807, 2.05) is 33.8 Å². The number of carboxylic acid groups (broad SMARTS) is 1. The van der Waals surface area contributed by atoms with Crippen LogP contribution < -0.4 is 0 Å². The van der Waals surface area contributed by atoms with E-state index in [0.717, 1.165) is 22.3 Å². The average Bonchev–Trinajstić information content (AvgIpc) is 2.72. The second-order valence-electron chi connectivity index (χ2n) is 8.73. The summed E-state index contributed by atoms with van der Waals surface area (Å²) < 4.78 is 28.3. The summed E-state index contributed by atoms with van der Waals surface area (Å²) in [5, 5.41) is 9.25. The van der Waals surface area contributed by atoms with E-state index in [0.29, 0.717) is 50.2 Å². The van der Waals surface area contributed by atoms with E-state index in [-0.39, 0.29) is 18.4 Å². The molecule has 7 nitrogen and oxygen atoms in total. The number of aryl methyl sites for hydroxylation is 2. The monoisotopic (exact) mass is 436 g/mol. The Morgan fingerprint density at radius 2 is 1.50 bits per heavy atom. The number of amides is 1. The highest BCUT2D eigenvalue weighted by atomic mass is 32.2. The molecule has 2 heterocycles. The molecule has 2 aliphatic heterocycles. The number of carboxylic acids is 1. The van der Waals surface area contributed by atoms with Gasteiger partial charge in [-0.1, -0.05) is 6.07 Å². The highest BCUT2D eigenvalue weighted by Crippen LogP contribution is 2.32. The minimum absolute atomic E-state index is 0.0308. The fourth-order valence-electron chi connectivity index (χ4n) is 4.68. The molecule has 0 spiro atoms. The van der Waals surface area contributed by atoms with E-state index in [9.17, 15) is 23.1 Å². The number of nitrogens with zero attached hydrogens (tertiary/aromatic N) is 2. The lowest BCUT2D eigenvalue weighted by Crippen LogP contribution is -2.48. The number of sulfonamides is 1. The number of benzene rings is 1. The number of piperidine rings is 2. The molecular weight excluding hydrogens is 404 g/mol. The largest absolute Gasteiger partial charge is 0.481 e. The van der Waals surface area contributed by atoms with E-state index < -0.39 is 21.9 Å². The maximum Gasteiger partial charge on any atom is 0.308 e. The lowest BCUT2D eigenvalue weighted by atomic mass is 9.93. The Labute approximate surface area is 179 Å². The molecule has 0 unspecified atom stereocenters. The first-order valence-electron chi connectivity index (χ1n) is 10.6. The van der Waals surface area contributed by atoms with Crippen molar-refractivity contribution in [2.45, 2.75) is 58.3 Å². The van der Waals surface area contributed by atoms with Crippen LogP contribution in [0.15, 0.2) is 11.0 Å². The summed E-state index contributed by atoms with van der Waals surface area (Å²) in [6, 6.07) is 2.01. The van der Waals surface area contributed by atoms with E-state index in [1.165, 1.54) is 4.31 Å². The van der Waals surface area contributed by atoms with Crippen LogP contribution in [0.1, 0.15) is 47.9 Å². The molecule has 1 aromatic carbocycles. The zero-order valence-electron chi connectivity index (χ0n) is 18.3. The van der Waals surface area contributed by atoms with Crippen LogP contribution in [0.2, 0.25) is 0 Å². The Morgan fingerprint density at radius 3 is 2.03 bits per heavy atom. The van der Waals surface area contributed by atoms with Gasteiger partial charge in [0, 0.05) is 32.1 Å². The first-order chi connectivity index (χ1) is 14.0. The summed E-state index contributed by atoms with van der Waals surface area (Å²) in [6.45, 7) is 9.00. The Bertz CT molecular complexity index is 923. The first-order valence-corrected chi connectivity index (χ1v) is 12.1. The molecule has 166 valence electrons. The van der Waals surface area contributed by atoms with Crippen molar-refractivity contribution >= 4 is 21.9 Å². The van der Waals surface area contributed by atoms with Crippen molar-refractivity contribution in [2.75, 3.05) is 26.2 Å². The van der Waals surface area contributed by atoms with Crippen LogP contribution in [0.5, 0.6) is 0 Å². The minimum Gasteiger partial charge on any atom is -0.481 e. The topological polar surface area (TPSA) is 95.0 Å². The molecule has 2 aliphatic rings. The predicted octanol–water partition coefficient (Wildman–Crippen LogP) is 2.64. The summed E-state index contributed by atoms with van der Waals surface area (Å²) in [5.41, 5.74) is 3.48. The van der Waals surface area contributed by atoms with Gasteiger partial charge >= 0.3 is 5.97 Å². The van der Waals surface area contributed by atoms with Crippen molar-refractivity contribution in [3.05, 3.63) is 28.3 Å². The van der Waals surface area contributed by atoms with Gasteiger partial charge in [0.2, 0.25) is 15.9 Å². The minimum atomic E-state index is -3.63. The second-order valence-corrected chi connectivity index (χ2v) is 10.6. The van der Waals surface area contributed by atoms with Gasteiger partial charge in [-0.3, -0.25) is 9.59 Å². The summed E-state index contributed by atoms with van der Waals surface area (Å²) in [4.78, 5) is 26.2. The van der Waals surface area contributed by atoms with E-state index >= 15 is 0 Å². The number of hydrogen-bond acceptors (Lipinski definition) is 4. The number of carbonyl (C=O) groups is 2. The van der Waals surface area contributed by atoms with Gasteiger partial charge in [-0.25, -0.2) is 8.42 Å². The Morgan fingerprint density at radius 1 is 0.933 bits per heavy atom. The van der Waals surface area contributed by atoms with Crippen LogP contribution in [0.25, 0.3) is 0 Å². The predicted molar refractivity (Wildman–Crippen MR) is 114 cm³/mol. The van der Waals surface area contributed by atoms with Gasteiger partial charge in [-0.05, 0) is 75.6 Å². The van der Waals surface area contributed by atoms with Gasteiger partial charge in [0.1, 0.15) is 0 Å². The molecule has 2 saturated heterocycles. The maximum atomic E-state index is 13.4. The summed E-state index contributed by atoms with van der Waals surface area (Å²) in [5.74, 6) is -1.63. The van der Waals surface area contributed by atoms with E-state index in [1.54, 1.807) is 4.90 Å². The molecule has 1 N–H and O–H groups in total. The average molecular weight is 437 g/mol. The third kappa shape index (κ3) is 4.25. The zero-order valence-corrected chi connectivity index (χ0v) is 19.1.